The molecule has 4 nitrogen and oxygen atoms in total. The molecule has 1 aromatic rings. The number of benzene rings is 1. The Bertz CT molecular complexity index is 705. The fourth-order valence-corrected chi connectivity index (χ4v) is 5.65. The lowest BCUT2D eigenvalue weighted by Crippen LogP contribution is -2.58. The normalized spacial score (nSPS) is 30.5. The molecule has 2 bridgehead atoms. The van der Waals surface area contributed by atoms with Gasteiger partial charge in [-0.05, 0) is 49.7 Å². The van der Waals surface area contributed by atoms with Gasteiger partial charge in [-0.1, -0.05) is 29.8 Å². The number of allylic oxidation sites excluding steroid dienone is 1. The van der Waals surface area contributed by atoms with Crippen molar-refractivity contribution in [3.63, 3.8) is 0 Å². The third-order valence-corrected chi connectivity index (χ3v) is 7.13. The van der Waals surface area contributed by atoms with Crippen LogP contribution in [-0.2, 0) is 4.79 Å². The van der Waals surface area contributed by atoms with Crippen LogP contribution in [0.2, 0.25) is 0 Å². The van der Waals surface area contributed by atoms with Crippen molar-refractivity contribution < 1.29 is 4.79 Å². The summed E-state index contributed by atoms with van der Waals surface area (Å²) in [6, 6.07) is 10.4. The molecule has 2 heterocycles. The Morgan fingerprint density at radius 2 is 1.92 bits per heavy atom. The fraction of sp³-hybridized carbons (Fsp3) is 0.591. The van der Waals surface area contributed by atoms with Crippen LogP contribution in [0.5, 0.6) is 0 Å². The van der Waals surface area contributed by atoms with Crippen LogP contribution in [-0.4, -0.2) is 42.6 Å². The minimum atomic E-state index is -0.186. The molecule has 3 fully saturated rings. The van der Waals surface area contributed by atoms with Crippen LogP contribution < -0.4 is 10.2 Å². The summed E-state index contributed by atoms with van der Waals surface area (Å²) in [5.41, 5.74) is 2.67. The van der Waals surface area contributed by atoms with Crippen molar-refractivity contribution in [1.82, 2.24) is 10.2 Å². The second-order valence-corrected chi connectivity index (χ2v) is 8.67. The molecule has 1 amide bonds. The molecule has 1 N–H and O–H groups in total. The smallest absolute Gasteiger partial charge is 0.241 e. The lowest BCUT2D eigenvalue weighted by atomic mass is 9.87. The predicted molar refractivity (Wildman–Crippen MR) is 104 cm³/mol. The van der Waals surface area contributed by atoms with Gasteiger partial charge in [0.05, 0.1) is 6.54 Å². The number of fused-ring (bicyclic) bond motifs is 2. The Labute approximate surface area is 156 Å². The number of amides is 1. The zero-order valence-electron chi connectivity index (χ0n) is 15.5. The van der Waals surface area contributed by atoms with Crippen molar-refractivity contribution in [3.05, 3.63) is 42.0 Å². The van der Waals surface area contributed by atoms with Gasteiger partial charge in [0.2, 0.25) is 5.91 Å². The molecule has 5 rings (SSSR count). The number of hydrogen-bond acceptors (Lipinski definition) is 3. The third kappa shape index (κ3) is 2.84. The first kappa shape index (κ1) is 16.4. The highest BCUT2D eigenvalue weighted by atomic mass is 16.2. The molecule has 4 aliphatic rings. The lowest BCUT2D eigenvalue weighted by molar-refractivity contribution is -0.119. The van der Waals surface area contributed by atoms with Crippen molar-refractivity contribution in [2.24, 2.45) is 11.8 Å². The third-order valence-electron chi connectivity index (χ3n) is 7.13. The molecule has 1 saturated carbocycles. The first-order valence-electron chi connectivity index (χ1n) is 10.3. The van der Waals surface area contributed by atoms with E-state index < -0.39 is 0 Å². The van der Waals surface area contributed by atoms with Gasteiger partial charge >= 0.3 is 0 Å². The van der Waals surface area contributed by atoms with Gasteiger partial charge in [-0.25, -0.2) is 0 Å². The number of anilines is 1. The maximum atomic E-state index is 12.2. The zero-order chi connectivity index (χ0) is 17.6. The number of nitrogens with zero attached hydrogens (tertiary/aromatic N) is 2. The quantitative estimate of drug-likeness (QED) is 0.850. The van der Waals surface area contributed by atoms with Crippen LogP contribution in [0.1, 0.15) is 38.5 Å². The van der Waals surface area contributed by atoms with Crippen LogP contribution >= 0.6 is 0 Å². The van der Waals surface area contributed by atoms with Crippen molar-refractivity contribution >= 4 is 11.6 Å². The number of rotatable bonds is 3. The Hall–Kier alpha value is -1.81. The van der Waals surface area contributed by atoms with E-state index in [1.807, 2.05) is 6.07 Å². The lowest BCUT2D eigenvalue weighted by Gasteiger charge is -2.45. The van der Waals surface area contributed by atoms with E-state index in [1.54, 1.807) is 5.57 Å². The van der Waals surface area contributed by atoms with E-state index in [0.717, 1.165) is 50.0 Å². The number of hydrogen-bond donors (Lipinski definition) is 1. The summed E-state index contributed by atoms with van der Waals surface area (Å²) in [5, 5.41) is 3.31. The first-order valence-corrected chi connectivity index (χ1v) is 10.3. The summed E-state index contributed by atoms with van der Waals surface area (Å²) in [4.78, 5) is 17.1. The molecule has 2 aliphatic heterocycles. The second-order valence-electron chi connectivity index (χ2n) is 8.67. The van der Waals surface area contributed by atoms with Gasteiger partial charge in [-0.3, -0.25) is 9.69 Å². The maximum Gasteiger partial charge on any atom is 0.241 e. The molecule has 2 saturated heterocycles. The van der Waals surface area contributed by atoms with Crippen LogP contribution in [0.3, 0.4) is 0 Å². The fourth-order valence-electron chi connectivity index (χ4n) is 5.65. The van der Waals surface area contributed by atoms with E-state index in [-0.39, 0.29) is 11.6 Å². The summed E-state index contributed by atoms with van der Waals surface area (Å²) in [7, 11) is 0. The largest absolute Gasteiger partial charge is 0.339 e. The van der Waals surface area contributed by atoms with Crippen LogP contribution in [0.15, 0.2) is 42.0 Å². The van der Waals surface area contributed by atoms with E-state index >= 15 is 0 Å². The highest BCUT2D eigenvalue weighted by Crippen LogP contribution is 2.42. The molecule has 2 aliphatic carbocycles. The van der Waals surface area contributed by atoms with Gasteiger partial charge in [0, 0.05) is 38.2 Å². The highest BCUT2D eigenvalue weighted by molar-refractivity contribution is 5.86. The number of piperidine rings is 1. The summed E-state index contributed by atoms with van der Waals surface area (Å²) >= 11 is 0. The standard InChI is InChI=1S/C22H29N3O/c26-21-16-25(20-4-2-1-3-5-20)22(23-21)10-12-24(13-11-22)15-19-9-7-17-6-8-18(19)14-17/h1-5,9,17-18H,6-8,10-16H2,(H,23,26). The Morgan fingerprint density at radius 1 is 1.12 bits per heavy atom. The van der Waals surface area contributed by atoms with Gasteiger partial charge in [0.25, 0.3) is 0 Å². The summed E-state index contributed by atoms with van der Waals surface area (Å²) < 4.78 is 0. The van der Waals surface area contributed by atoms with E-state index in [1.165, 1.54) is 25.7 Å². The molecule has 2 atom stereocenters. The molecule has 1 spiro atoms. The van der Waals surface area contributed by atoms with Gasteiger partial charge in [-0.15, -0.1) is 0 Å². The summed E-state index contributed by atoms with van der Waals surface area (Å²) in [5.74, 6) is 1.99. The zero-order valence-corrected chi connectivity index (χ0v) is 15.5. The first-order chi connectivity index (χ1) is 12.7. The minimum Gasteiger partial charge on any atom is -0.339 e. The van der Waals surface area contributed by atoms with Gasteiger partial charge < -0.3 is 10.2 Å². The van der Waals surface area contributed by atoms with Crippen molar-refractivity contribution in [2.75, 3.05) is 31.1 Å². The molecule has 1 aromatic carbocycles. The Kier molecular flexibility index (Phi) is 4.04. The number of carbonyl (C=O) groups excluding carboxylic acids is 1. The van der Waals surface area contributed by atoms with Gasteiger partial charge in [0.1, 0.15) is 5.66 Å². The van der Waals surface area contributed by atoms with Crippen molar-refractivity contribution in [1.29, 1.82) is 0 Å². The van der Waals surface area contributed by atoms with Crippen molar-refractivity contribution in [3.8, 4) is 0 Å². The molecule has 0 radical (unpaired) electrons. The van der Waals surface area contributed by atoms with Crippen LogP contribution in [0.25, 0.3) is 0 Å². The second kappa shape index (κ2) is 6.41. The summed E-state index contributed by atoms with van der Waals surface area (Å²) in [6.45, 7) is 3.76. The monoisotopic (exact) mass is 351 g/mol. The topological polar surface area (TPSA) is 35.6 Å². The number of likely N-dealkylation sites (tertiary alicyclic amines) is 1. The summed E-state index contributed by atoms with van der Waals surface area (Å²) in [6.07, 6.45) is 10.1. The molecule has 2 unspecified atom stereocenters. The van der Waals surface area contributed by atoms with E-state index in [2.05, 4.69) is 45.5 Å². The van der Waals surface area contributed by atoms with E-state index in [9.17, 15) is 4.79 Å². The number of nitrogens with one attached hydrogen (secondary N) is 1. The van der Waals surface area contributed by atoms with Gasteiger partial charge in [-0.2, -0.15) is 0 Å². The van der Waals surface area contributed by atoms with E-state index in [4.69, 9.17) is 0 Å². The molecular weight excluding hydrogens is 322 g/mol. The average Bonchev–Trinajstić information content (AvgIpc) is 3.21. The number of para-hydroxylation sites is 1. The molecule has 4 heteroatoms. The number of carbonyl (C=O) groups is 1. The molecular formula is C22H29N3O. The molecule has 26 heavy (non-hydrogen) atoms. The van der Waals surface area contributed by atoms with Gasteiger partial charge in [0.15, 0.2) is 0 Å². The minimum absolute atomic E-state index is 0.161. The van der Waals surface area contributed by atoms with Crippen LogP contribution in [0, 0.1) is 11.8 Å². The van der Waals surface area contributed by atoms with Crippen LogP contribution in [0.4, 0.5) is 5.69 Å². The molecule has 138 valence electrons. The SMILES string of the molecule is O=C1CN(c2ccccc2)C2(CCN(CC3=CCC4CCC3C4)CC2)N1. The predicted octanol–water partition coefficient (Wildman–Crippen LogP) is 3.16. The average molecular weight is 351 g/mol. The Balaban J connectivity index is 1.27. The molecule has 0 aromatic heterocycles. The highest BCUT2D eigenvalue weighted by Gasteiger charge is 2.46. The van der Waals surface area contributed by atoms with E-state index in [0.29, 0.717) is 6.54 Å². The van der Waals surface area contributed by atoms with Crippen molar-refractivity contribution in [2.45, 2.75) is 44.2 Å². The Morgan fingerprint density at radius 3 is 2.73 bits per heavy atom. The maximum absolute atomic E-state index is 12.2.